The van der Waals surface area contributed by atoms with Crippen molar-refractivity contribution >= 4 is 35.8 Å². The first kappa shape index (κ1) is 98.4. The molecule has 8 heterocycles. The quantitative estimate of drug-likeness (QED) is 0.0374. The van der Waals surface area contributed by atoms with Gasteiger partial charge in [-0.25, -0.2) is 24.2 Å². The highest BCUT2D eigenvalue weighted by Gasteiger charge is 2.54. The van der Waals surface area contributed by atoms with Crippen molar-refractivity contribution in [3.05, 3.63) is 300 Å². The molecule has 0 saturated carbocycles. The lowest BCUT2D eigenvalue weighted by atomic mass is 9.89. The number of nitrogens with one attached hydrogen (secondary N) is 3. The summed E-state index contributed by atoms with van der Waals surface area (Å²) in [6, 6.07) is 32.6. The number of carbonyl (C=O) groups is 6. The molecule has 6 aliphatic rings. The lowest BCUT2D eigenvalue weighted by Gasteiger charge is -2.27. The number of amides is 6. The summed E-state index contributed by atoms with van der Waals surface area (Å²) in [7, 11) is 4.22. The summed E-state index contributed by atoms with van der Waals surface area (Å²) in [5.74, 6) is -1.34. The normalized spacial score (nSPS) is 19.7. The van der Waals surface area contributed by atoms with Gasteiger partial charge < -0.3 is 55.1 Å². The fourth-order valence-electron chi connectivity index (χ4n) is 19.7. The van der Waals surface area contributed by atoms with E-state index in [1.165, 1.54) is 93.2 Å². The number of aryl methyl sites for hydroxylation is 5. The smallest absolute Gasteiger partial charge is 0.433 e. The first-order valence-corrected chi connectivity index (χ1v) is 43.3. The predicted octanol–water partition coefficient (Wildman–Crippen LogP) is 25.4. The molecule has 6 fully saturated rings. The number of pyridine rings is 2. The highest BCUT2D eigenvalue weighted by molar-refractivity contribution is 5.95. The number of nitrogens with zero attached hydrogens (tertiary/aromatic N) is 5. The number of benzene rings is 9. The van der Waals surface area contributed by atoms with E-state index in [0.717, 1.165) is 84.1 Å². The summed E-state index contributed by atoms with van der Waals surface area (Å²) in [5, 5.41) is 26.8. The Bertz CT molecular complexity index is 6630. The zero-order chi connectivity index (χ0) is 99.8. The van der Waals surface area contributed by atoms with Gasteiger partial charge in [-0.1, -0.05) is 71.8 Å². The molecule has 722 valence electrons. The third-order valence-electron chi connectivity index (χ3n) is 25.9. The third-order valence-corrected chi connectivity index (χ3v) is 25.9. The molecule has 0 aliphatic carbocycles. The molecule has 0 spiro atoms. The van der Waals surface area contributed by atoms with E-state index in [1.54, 1.807) is 92.0 Å². The molecule has 19 nitrogen and oxygen atoms in total. The molecule has 9 atom stereocenters. The topological polar surface area (TPSA) is 242 Å². The van der Waals surface area contributed by atoms with Crippen molar-refractivity contribution < 1.29 is 132 Å². The van der Waals surface area contributed by atoms with Gasteiger partial charge in [0.2, 0.25) is 5.88 Å². The number of ketones is 1. The number of aromatic nitrogens is 2. The molecular weight excluding hydrogens is 1840 g/mol. The first-order valence-electron chi connectivity index (χ1n) is 43.3. The van der Waals surface area contributed by atoms with Crippen LogP contribution in [0.3, 0.4) is 0 Å². The number of urea groups is 3. The van der Waals surface area contributed by atoms with Crippen LogP contribution in [0.25, 0.3) is 55.6 Å². The number of halogens is 18. The van der Waals surface area contributed by atoms with Crippen LogP contribution in [0.4, 0.5) is 93.4 Å². The minimum atomic E-state index is -4.70. The van der Waals surface area contributed by atoms with E-state index in [0.29, 0.717) is 109 Å². The van der Waals surface area contributed by atoms with Gasteiger partial charge in [0.25, 0.3) is 0 Å². The van der Waals surface area contributed by atoms with E-state index in [1.807, 2.05) is 6.92 Å². The number of aliphatic carboxylic acids is 1. The molecule has 2 aromatic heterocycles. The van der Waals surface area contributed by atoms with Gasteiger partial charge in [0.05, 0.1) is 109 Å². The maximum absolute atomic E-state index is 14.1. The Balaban J connectivity index is 0.000000157. The lowest BCUT2D eigenvalue weighted by Crippen LogP contribution is -2.32. The van der Waals surface area contributed by atoms with Crippen LogP contribution in [-0.4, -0.2) is 110 Å². The fraction of sp³-hybridized carbons (Fsp3) is 0.307. The van der Waals surface area contributed by atoms with Crippen LogP contribution in [0.1, 0.15) is 204 Å². The number of carboxylic acid groups (broad SMARTS) is 2. The van der Waals surface area contributed by atoms with Crippen molar-refractivity contribution in [3.63, 3.8) is 0 Å². The number of hydrogen-bond donors (Lipinski definition) is 5. The molecular formula is C101H86F18N8O11. The summed E-state index contributed by atoms with van der Waals surface area (Å²) >= 11 is 0. The zero-order valence-corrected chi connectivity index (χ0v) is 74.4. The van der Waals surface area contributed by atoms with Crippen LogP contribution in [0, 0.1) is 27.7 Å². The average Bonchev–Trinajstić information content (AvgIpc) is 1.62. The molecule has 6 amide bonds. The van der Waals surface area contributed by atoms with E-state index < -0.39 is 155 Å². The summed E-state index contributed by atoms with van der Waals surface area (Å²) in [5.41, 5.74) is 4.38. The Kier molecular flexibility index (Phi) is 26.9. The minimum Gasteiger partial charge on any atom is -0.496 e. The van der Waals surface area contributed by atoms with Gasteiger partial charge >= 0.3 is 67.1 Å². The largest absolute Gasteiger partial charge is 0.496 e. The maximum atomic E-state index is 14.1. The van der Waals surface area contributed by atoms with Crippen LogP contribution in [0.2, 0.25) is 0 Å². The van der Waals surface area contributed by atoms with Crippen LogP contribution in [0.5, 0.6) is 17.4 Å². The number of rotatable bonds is 19. The van der Waals surface area contributed by atoms with Gasteiger partial charge in [-0.3, -0.25) is 14.6 Å². The van der Waals surface area contributed by atoms with Crippen molar-refractivity contribution in [1.29, 1.82) is 0 Å². The Labute approximate surface area is 777 Å². The van der Waals surface area contributed by atoms with Gasteiger partial charge in [-0.15, -0.1) is 0 Å². The first-order chi connectivity index (χ1) is 64.9. The Morgan fingerprint density at radius 1 is 0.384 bits per heavy atom. The summed E-state index contributed by atoms with van der Waals surface area (Å²) in [4.78, 5) is 86.9. The molecule has 17 rings (SSSR count). The fourth-order valence-corrected chi connectivity index (χ4v) is 19.7. The van der Waals surface area contributed by atoms with Crippen molar-refractivity contribution in [2.24, 2.45) is 0 Å². The monoisotopic (exact) mass is 1930 g/mol. The molecule has 11 aromatic rings. The van der Waals surface area contributed by atoms with Crippen LogP contribution in [0.15, 0.2) is 194 Å². The van der Waals surface area contributed by atoms with Crippen LogP contribution in [-0.2, 0) is 48.3 Å². The van der Waals surface area contributed by atoms with E-state index >= 15 is 0 Å². The Hall–Kier alpha value is -14.2. The molecule has 0 bridgehead atoms. The van der Waals surface area contributed by atoms with Crippen molar-refractivity contribution in [2.75, 3.05) is 21.3 Å². The maximum Gasteiger partial charge on any atom is 0.433 e. The number of carbonyl (C=O) groups excluding carboxylic acids is 4. The standard InChI is InChI=1S/C36H30F6N2O4.C34H28F6N4O3.C31H28F6N2O4/c1-18-12-22(15-24(13-18)36(40,41)42)32-30-10-9-29(44(30)34(47)43-32)27-17-23(35(37,38)39)6-8-26(27)28-16-20(5-11-31(28)48-3)25-7-4-21(33(45)46)14-19(25)2;1-17-12-19(18(2)45)4-6-23(17)21-13-26(31(47-3)42-16-21)24-7-5-22(33(35,36)37)15-25(24)27-8-9-28-30(43-32(46)44(27)28)20-10-11-41-29(14-20)34(38,39)40;1-16-11-18(14-20(12-16)31(35,36)37)28-25-8-7-24(39(25)29(42)38-28)22-15-19(30(32,33)34)5-6-21(22)23-13-17(4-10-27(40)41)3-9-26(23)43-2/h4-8,11-17,29-30,32H,9-10H2,1-3H3,(H,43,47)(H,45,46);4-7,10-16,27-28,30H,8-9H2,1-3H3,(H,43,46);3,5-6,9,11-15,24-25,28H,4,7-8,10H2,1-2H3,(H,38,42)(H,40,41)/t29-,30-,32+;27-,28-,30+;24-,25-,28+/m000/s1. The molecule has 6 aliphatic heterocycles. The molecule has 138 heavy (non-hydrogen) atoms. The number of ether oxygens (including phenoxy) is 3. The molecule has 37 heteroatoms. The van der Waals surface area contributed by atoms with Gasteiger partial charge in [0.15, 0.2) is 5.78 Å². The molecule has 0 radical (unpaired) electrons. The number of alkyl halides is 18. The van der Waals surface area contributed by atoms with E-state index in [9.17, 15) is 113 Å². The lowest BCUT2D eigenvalue weighted by molar-refractivity contribution is -0.141. The molecule has 6 saturated heterocycles. The third kappa shape index (κ3) is 20.1. The van der Waals surface area contributed by atoms with Crippen molar-refractivity contribution in [3.8, 4) is 73.0 Å². The number of Topliss-reactive ketones (excluding diaryl/α,β-unsaturated/α-hetero) is 1. The summed E-state index contributed by atoms with van der Waals surface area (Å²) < 4.78 is 265. The number of carboxylic acids is 2. The summed E-state index contributed by atoms with van der Waals surface area (Å²) in [6.07, 6.45) is -23.5. The molecule has 9 aromatic carbocycles. The highest BCUT2D eigenvalue weighted by Crippen LogP contribution is 2.55. The Morgan fingerprint density at radius 2 is 0.783 bits per heavy atom. The van der Waals surface area contributed by atoms with Crippen LogP contribution < -0.4 is 30.2 Å². The zero-order valence-electron chi connectivity index (χ0n) is 74.4. The van der Waals surface area contributed by atoms with Crippen molar-refractivity contribution in [2.45, 2.75) is 177 Å². The molecule has 5 N–H and O–H groups in total. The SMILES string of the molecule is COc1ccc(-c2ccc(C(=O)O)cc2C)cc1-c1ccc(C(F)(F)F)cc1[C@@H]1CC[C@H]2[C@@H](c3cc(C)cc(C(F)(F)F)c3)NC(=O)N12.COc1ccc(CCC(=O)O)cc1-c1ccc(C(F)(F)F)cc1[C@@H]1CC[C@H]2[C@@H](c3cc(C)cc(C(F)(F)F)c3)NC(=O)N12.COc1ncc(-c2ccc(C(C)=O)cc2C)cc1-c1ccc(C(F)(F)F)cc1[C@@H]1CC[C@H]2[C@@H](c3ccnc(C(F)(F)F)c3)NC(=O)N12. The molecule has 0 unspecified atom stereocenters. The van der Waals surface area contributed by atoms with Gasteiger partial charge in [0, 0.05) is 46.6 Å². The number of hydrogen-bond acceptors (Lipinski definition) is 11. The second kappa shape index (κ2) is 37.7. The van der Waals surface area contributed by atoms with Crippen LogP contribution >= 0.6 is 0 Å². The minimum absolute atomic E-state index is 0.102. The Morgan fingerprint density at radius 3 is 1.19 bits per heavy atom. The predicted molar refractivity (Wildman–Crippen MR) is 470 cm³/mol. The average molecular weight is 1930 g/mol. The van der Waals surface area contributed by atoms with E-state index in [-0.39, 0.29) is 82.7 Å². The summed E-state index contributed by atoms with van der Waals surface area (Å²) in [6.45, 7) is 8.10. The highest BCUT2D eigenvalue weighted by atomic mass is 19.4. The van der Waals surface area contributed by atoms with Gasteiger partial charge in [0.1, 0.15) is 17.2 Å². The van der Waals surface area contributed by atoms with E-state index in [2.05, 4.69) is 25.9 Å². The number of fused-ring (bicyclic) bond motifs is 3. The number of aromatic carboxylic acids is 1. The van der Waals surface area contributed by atoms with Gasteiger partial charge in [-0.05, 0) is 284 Å². The van der Waals surface area contributed by atoms with Gasteiger partial charge in [-0.2, -0.15) is 79.0 Å². The number of methoxy groups -OCH3 is 3. The van der Waals surface area contributed by atoms with E-state index in [4.69, 9.17) is 19.3 Å². The van der Waals surface area contributed by atoms with Crippen molar-refractivity contribution in [1.82, 2.24) is 40.6 Å². The second-order valence-electron chi connectivity index (χ2n) is 34.7. The second-order valence-corrected chi connectivity index (χ2v) is 34.7.